The summed E-state index contributed by atoms with van der Waals surface area (Å²) >= 11 is 1.44. The Bertz CT molecular complexity index is 623. The van der Waals surface area contributed by atoms with Crippen molar-refractivity contribution < 1.29 is 9.84 Å². The molecule has 2 rings (SSSR count). The molecule has 0 saturated heterocycles. The highest BCUT2D eigenvalue weighted by Gasteiger charge is 2.08. The van der Waals surface area contributed by atoms with E-state index in [4.69, 9.17) is 15.1 Å². The summed E-state index contributed by atoms with van der Waals surface area (Å²) in [6.45, 7) is 0.348. The zero-order valence-corrected chi connectivity index (χ0v) is 11.7. The number of rotatable bonds is 6. The van der Waals surface area contributed by atoms with Crippen molar-refractivity contribution in [1.29, 1.82) is 5.26 Å². The van der Waals surface area contributed by atoms with E-state index in [0.717, 1.165) is 5.56 Å². The van der Waals surface area contributed by atoms with E-state index in [1.165, 1.54) is 18.9 Å². The summed E-state index contributed by atoms with van der Waals surface area (Å²) < 4.78 is 6.64. The molecule has 0 atom stereocenters. The Kier molecular flexibility index (Phi) is 4.92. The van der Waals surface area contributed by atoms with Gasteiger partial charge in [-0.15, -0.1) is 5.10 Å². The minimum Gasteiger partial charge on any atom is -0.495 e. The first kappa shape index (κ1) is 14.3. The van der Waals surface area contributed by atoms with Crippen LogP contribution in [0.25, 0.3) is 0 Å². The van der Waals surface area contributed by atoms with Gasteiger partial charge in [0.05, 0.1) is 25.8 Å². The second-order valence-electron chi connectivity index (χ2n) is 3.84. The highest BCUT2D eigenvalue weighted by atomic mass is 32.2. The standard InChI is InChI=1S/C12H13N5O2S/c1-19-11-3-2-9(6-10(11)7-13)8-20-12-14-15-16-17(12)4-5-18/h2-3,6,18H,4-5,8H2,1H3. The minimum absolute atomic E-state index is 0.0142. The largest absolute Gasteiger partial charge is 0.495 e. The van der Waals surface area contributed by atoms with E-state index in [2.05, 4.69) is 21.6 Å². The molecular formula is C12H13N5O2S. The highest BCUT2D eigenvalue weighted by Crippen LogP contribution is 2.24. The third-order valence-electron chi connectivity index (χ3n) is 2.56. The van der Waals surface area contributed by atoms with Gasteiger partial charge in [-0.2, -0.15) is 5.26 Å². The molecule has 0 spiro atoms. The fourth-order valence-corrected chi connectivity index (χ4v) is 2.46. The van der Waals surface area contributed by atoms with Gasteiger partial charge < -0.3 is 9.84 Å². The molecule has 0 radical (unpaired) electrons. The van der Waals surface area contributed by atoms with E-state index in [0.29, 0.717) is 28.8 Å². The van der Waals surface area contributed by atoms with Crippen molar-refractivity contribution in [2.75, 3.05) is 13.7 Å². The lowest BCUT2D eigenvalue weighted by Crippen LogP contribution is -2.05. The lowest BCUT2D eigenvalue weighted by Gasteiger charge is -2.06. The van der Waals surface area contributed by atoms with Gasteiger partial charge in [0, 0.05) is 5.75 Å². The number of nitriles is 1. The second kappa shape index (κ2) is 6.88. The molecule has 0 fully saturated rings. The number of aromatic nitrogens is 4. The summed E-state index contributed by atoms with van der Waals surface area (Å²) in [5.74, 6) is 1.19. The number of thioether (sulfide) groups is 1. The zero-order chi connectivity index (χ0) is 14.4. The Hall–Kier alpha value is -2.11. The molecule has 20 heavy (non-hydrogen) atoms. The van der Waals surface area contributed by atoms with E-state index in [9.17, 15) is 0 Å². The van der Waals surface area contributed by atoms with Gasteiger partial charge in [0.25, 0.3) is 0 Å². The maximum absolute atomic E-state index is 9.04. The van der Waals surface area contributed by atoms with Crippen LogP contribution in [0.5, 0.6) is 5.75 Å². The lowest BCUT2D eigenvalue weighted by molar-refractivity contribution is 0.262. The van der Waals surface area contributed by atoms with E-state index in [-0.39, 0.29) is 6.61 Å². The number of hydrogen-bond donors (Lipinski definition) is 1. The molecule has 1 heterocycles. The molecule has 0 amide bonds. The summed E-state index contributed by atoms with van der Waals surface area (Å²) in [7, 11) is 1.54. The van der Waals surface area contributed by atoms with Gasteiger partial charge >= 0.3 is 0 Å². The SMILES string of the molecule is COc1ccc(CSc2nnnn2CCO)cc1C#N. The van der Waals surface area contributed by atoms with E-state index in [1.54, 1.807) is 16.8 Å². The molecule has 2 aromatic rings. The summed E-state index contributed by atoms with van der Waals surface area (Å²) in [6.07, 6.45) is 0. The predicted molar refractivity (Wildman–Crippen MR) is 72.2 cm³/mol. The van der Waals surface area contributed by atoms with Crippen LogP contribution in [0.15, 0.2) is 23.4 Å². The molecule has 1 N–H and O–H groups in total. The van der Waals surface area contributed by atoms with Crippen LogP contribution in [0.2, 0.25) is 0 Å². The van der Waals surface area contributed by atoms with E-state index in [1.807, 2.05) is 6.07 Å². The van der Waals surface area contributed by atoms with Gasteiger partial charge in [0.2, 0.25) is 5.16 Å². The number of aliphatic hydroxyl groups is 1. The van der Waals surface area contributed by atoms with Crippen LogP contribution in [0.1, 0.15) is 11.1 Å². The first-order valence-electron chi connectivity index (χ1n) is 5.85. The fraction of sp³-hybridized carbons (Fsp3) is 0.333. The van der Waals surface area contributed by atoms with Crippen LogP contribution in [0.4, 0.5) is 0 Å². The summed E-state index contributed by atoms with van der Waals surface area (Å²) in [6, 6.07) is 7.55. The maximum Gasteiger partial charge on any atom is 0.209 e. The van der Waals surface area contributed by atoms with Gasteiger partial charge in [-0.25, -0.2) is 4.68 Å². The van der Waals surface area contributed by atoms with Crippen molar-refractivity contribution in [3.63, 3.8) is 0 Å². The molecule has 7 nitrogen and oxygen atoms in total. The predicted octanol–water partition coefficient (Wildman–Crippen LogP) is 0.838. The molecule has 0 saturated carbocycles. The van der Waals surface area contributed by atoms with Crippen LogP contribution >= 0.6 is 11.8 Å². The average Bonchev–Trinajstić information content (AvgIpc) is 2.92. The van der Waals surface area contributed by atoms with Crippen LogP contribution in [0, 0.1) is 11.3 Å². The van der Waals surface area contributed by atoms with Crippen LogP contribution in [-0.2, 0) is 12.3 Å². The summed E-state index contributed by atoms with van der Waals surface area (Å²) in [4.78, 5) is 0. The highest BCUT2D eigenvalue weighted by molar-refractivity contribution is 7.98. The number of methoxy groups -OCH3 is 1. The second-order valence-corrected chi connectivity index (χ2v) is 4.79. The molecule has 0 aliphatic rings. The number of aliphatic hydroxyl groups excluding tert-OH is 1. The Morgan fingerprint density at radius 3 is 3.05 bits per heavy atom. The maximum atomic E-state index is 9.04. The van der Waals surface area contributed by atoms with Gasteiger partial charge in [0.15, 0.2) is 0 Å². The molecule has 1 aromatic carbocycles. The van der Waals surface area contributed by atoms with Crippen molar-refractivity contribution in [3.05, 3.63) is 29.3 Å². The van der Waals surface area contributed by atoms with Crippen molar-refractivity contribution >= 4 is 11.8 Å². The van der Waals surface area contributed by atoms with Gasteiger partial charge in [-0.3, -0.25) is 0 Å². The quantitative estimate of drug-likeness (QED) is 0.787. The minimum atomic E-state index is -0.0142. The van der Waals surface area contributed by atoms with Crippen LogP contribution in [0.3, 0.4) is 0 Å². The normalized spacial score (nSPS) is 10.2. The number of ether oxygens (including phenoxy) is 1. The third kappa shape index (κ3) is 3.26. The third-order valence-corrected chi connectivity index (χ3v) is 3.59. The molecule has 8 heteroatoms. The number of nitrogens with zero attached hydrogens (tertiary/aromatic N) is 5. The van der Waals surface area contributed by atoms with E-state index >= 15 is 0 Å². The van der Waals surface area contributed by atoms with Crippen LogP contribution < -0.4 is 4.74 Å². The first-order chi connectivity index (χ1) is 9.78. The Balaban J connectivity index is 2.07. The molecule has 0 unspecified atom stereocenters. The molecule has 0 bridgehead atoms. The van der Waals surface area contributed by atoms with Crippen molar-refractivity contribution in [2.45, 2.75) is 17.5 Å². The van der Waals surface area contributed by atoms with Gasteiger partial charge in [-0.05, 0) is 28.1 Å². The van der Waals surface area contributed by atoms with Crippen molar-refractivity contribution in [3.8, 4) is 11.8 Å². The fourth-order valence-electron chi connectivity index (χ4n) is 1.62. The van der Waals surface area contributed by atoms with Gasteiger partial charge in [0.1, 0.15) is 11.8 Å². The molecule has 1 aromatic heterocycles. The van der Waals surface area contributed by atoms with E-state index < -0.39 is 0 Å². The number of hydrogen-bond acceptors (Lipinski definition) is 7. The van der Waals surface area contributed by atoms with Crippen molar-refractivity contribution in [2.24, 2.45) is 0 Å². The Morgan fingerprint density at radius 1 is 1.50 bits per heavy atom. The first-order valence-corrected chi connectivity index (χ1v) is 6.84. The summed E-state index contributed by atoms with van der Waals surface area (Å²) in [5.41, 5.74) is 1.48. The van der Waals surface area contributed by atoms with Crippen molar-refractivity contribution in [1.82, 2.24) is 20.2 Å². The zero-order valence-electron chi connectivity index (χ0n) is 10.9. The number of tetrazole rings is 1. The lowest BCUT2D eigenvalue weighted by atomic mass is 10.1. The average molecular weight is 291 g/mol. The molecular weight excluding hydrogens is 278 g/mol. The topological polar surface area (TPSA) is 96.8 Å². The summed E-state index contributed by atoms with van der Waals surface area (Å²) in [5, 5.41) is 29.8. The monoisotopic (exact) mass is 291 g/mol. The molecule has 104 valence electrons. The Labute approximate surface area is 120 Å². The Morgan fingerprint density at radius 2 is 2.35 bits per heavy atom. The molecule has 0 aliphatic heterocycles. The van der Waals surface area contributed by atoms with Gasteiger partial charge in [-0.1, -0.05) is 17.8 Å². The number of benzene rings is 1. The smallest absolute Gasteiger partial charge is 0.209 e. The van der Waals surface area contributed by atoms with Crippen LogP contribution in [-0.4, -0.2) is 39.0 Å². The molecule has 0 aliphatic carbocycles.